The number of amides is 1. The Morgan fingerprint density at radius 3 is 2.76 bits per heavy atom. The van der Waals surface area contributed by atoms with E-state index >= 15 is 0 Å². The fourth-order valence-corrected chi connectivity index (χ4v) is 2.46. The van der Waals surface area contributed by atoms with Crippen LogP contribution in [-0.2, 0) is 16.1 Å². The second-order valence-corrected chi connectivity index (χ2v) is 5.28. The quantitative estimate of drug-likeness (QED) is 0.892. The number of benzene rings is 1. The summed E-state index contributed by atoms with van der Waals surface area (Å²) < 4.78 is 10.9. The van der Waals surface area contributed by atoms with E-state index in [9.17, 15) is 4.79 Å². The molecule has 1 aromatic carbocycles. The van der Waals surface area contributed by atoms with Gasteiger partial charge >= 0.3 is 0 Å². The summed E-state index contributed by atoms with van der Waals surface area (Å²) in [6.45, 7) is 6.50. The van der Waals surface area contributed by atoms with Crippen LogP contribution in [-0.4, -0.2) is 49.8 Å². The molecular weight excluding hydrogens is 268 g/mol. The van der Waals surface area contributed by atoms with E-state index < -0.39 is 0 Å². The fraction of sp³-hybridized carbons (Fsp3) is 0.562. The molecule has 1 N–H and O–H groups in total. The van der Waals surface area contributed by atoms with Crippen molar-refractivity contribution >= 4 is 5.91 Å². The van der Waals surface area contributed by atoms with Crippen molar-refractivity contribution in [1.82, 2.24) is 10.2 Å². The van der Waals surface area contributed by atoms with Crippen molar-refractivity contribution in [2.45, 2.75) is 32.5 Å². The molecule has 5 nitrogen and oxygen atoms in total. The van der Waals surface area contributed by atoms with Gasteiger partial charge in [-0.2, -0.15) is 0 Å². The van der Waals surface area contributed by atoms with Crippen molar-refractivity contribution in [3.63, 3.8) is 0 Å². The smallest absolute Gasteiger partial charge is 0.242 e. The largest absolute Gasteiger partial charge is 0.494 e. The number of morpholine rings is 1. The average molecular weight is 292 g/mol. The predicted octanol–water partition coefficient (Wildman–Crippen LogP) is 1.42. The Labute approximate surface area is 126 Å². The molecule has 1 amide bonds. The first-order valence-electron chi connectivity index (χ1n) is 7.43. The monoisotopic (exact) mass is 292 g/mol. The number of hydrogen-bond acceptors (Lipinski definition) is 4. The van der Waals surface area contributed by atoms with Crippen LogP contribution in [0.15, 0.2) is 24.3 Å². The Morgan fingerprint density at radius 2 is 2.14 bits per heavy atom. The van der Waals surface area contributed by atoms with Gasteiger partial charge in [-0.05, 0) is 31.5 Å². The zero-order valence-electron chi connectivity index (χ0n) is 13.0. The molecule has 2 rings (SSSR count). The summed E-state index contributed by atoms with van der Waals surface area (Å²) in [6, 6.07) is 7.58. The van der Waals surface area contributed by atoms with Gasteiger partial charge in [0.15, 0.2) is 0 Å². The van der Waals surface area contributed by atoms with E-state index in [0.717, 1.165) is 17.9 Å². The molecule has 0 unspecified atom stereocenters. The van der Waals surface area contributed by atoms with Crippen molar-refractivity contribution in [3.8, 4) is 5.75 Å². The van der Waals surface area contributed by atoms with Gasteiger partial charge in [0.1, 0.15) is 11.8 Å². The third-order valence-electron chi connectivity index (χ3n) is 3.61. The fourth-order valence-electron chi connectivity index (χ4n) is 2.46. The zero-order chi connectivity index (χ0) is 15.2. The van der Waals surface area contributed by atoms with Gasteiger partial charge in [-0.3, -0.25) is 4.79 Å². The number of rotatable bonds is 5. The highest BCUT2D eigenvalue weighted by atomic mass is 16.5. The van der Waals surface area contributed by atoms with E-state index in [-0.39, 0.29) is 18.1 Å². The Hall–Kier alpha value is -1.59. The third kappa shape index (κ3) is 4.19. The van der Waals surface area contributed by atoms with Gasteiger partial charge in [-0.1, -0.05) is 12.1 Å². The highest BCUT2D eigenvalue weighted by Gasteiger charge is 2.30. The first-order chi connectivity index (χ1) is 10.1. The molecule has 2 atom stereocenters. The maximum absolute atomic E-state index is 12.4. The molecule has 116 valence electrons. The van der Waals surface area contributed by atoms with E-state index in [0.29, 0.717) is 19.8 Å². The maximum Gasteiger partial charge on any atom is 0.242 e. The summed E-state index contributed by atoms with van der Waals surface area (Å²) in [5, 5.41) is 3.22. The molecule has 1 aliphatic heterocycles. The van der Waals surface area contributed by atoms with Crippen LogP contribution >= 0.6 is 0 Å². The lowest BCUT2D eigenvalue weighted by atomic mass is 10.1. The number of hydrogen-bond donors (Lipinski definition) is 1. The van der Waals surface area contributed by atoms with Crippen molar-refractivity contribution in [2.24, 2.45) is 0 Å². The molecule has 0 radical (unpaired) electrons. The lowest BCUT2D eigenvalue weighted by molar-refractivity contribution is -0.138. The normalized spacial score (nSPS) is 21.9. The Bertz CT molecular complexity index is 461. The molecule has 1 aliphatic rings. The van der Waals surface area contributed by atoms with Gasteiger partial charge in [-0.15, -0.1) is 0 Å². The van der Waals surface area contributed by atoms with Gasteiger partial charge in [-0.25, -0.2) is 0 Å². The van der Waals surface area contributed by atoms with E-state index in [1.807, 2.05) is 45.2 Å². The summed E-state index contributed by atoms with van der Waals surface area (Å²) in [5.74, 6) is 0.919. The van der Waals surface area contributed by atoms with Crippen LogP contribution in [0.2, 0.25) is 0 Å². The SMILES string of the molecule is CCOc1ccc(CN(C)C(=O)[C@H]2NCCO[C@@H]2C)cc1. The number of carbonyl (C=O) groups excluding carboxylic acids is 1. The summed E-state index contributed by atoms with van der Waals surface area (Å²) in [6.07, 6.45) is -0.0889. The molecule has 1 saturated heterocycles. The second kappa shape index (κ2) is 7.43. The molecular formula is C16H24N2O3. The Kier molecular flexibility index (Phi) is 5.59. The van der Waals surface area contributed by atoms with Gasteiger partial charge in [0.25, 0.3) is 0 Å². The summed E-state index contributed by atoms with van der Waals surface area (Å²) in [5.41, 5.74) is 1.08. The lowest BCUT2D eigenvalue weighted by Crippen LogP contribution is -2.55. The molecule has 1 fully saturated rings. The molecule has 0 aliphatic carbocycles. The van der Waals surface area contributed by atoms with Crippen LogP contribution in [0.4, 0.5) is 0 Å². The number of carbonyl (C=O) groups is 1. The first kappa shape index (κ1) is 15.8. The summed E-state index contributed by atoms with van der Waals surface area (Å²) in [7, 11) is 1.82. The van der Waals surface area contributed by atoms with Crippen LogP contribution in [0.25, 0.3) is 0 Å². The van der Waals surface area contributed by atoms with Crippen molar-refractivity contribution in [2.75, 3.05) is 26.8 Å². The number of ether oxygens (including phenoxy) is 2. The van der Waals surface area contributed by atoms with Crippen molar-refractivity contribution in [3.05, 3.63) is 29.8 Å². The third-order valence-corrected chi connectivity index (χ3v) is 3.61. The van der Waals surface area contributed by atoms with Gasteiger partial charge in [0.2, 0.25) is 5.91 Å². The number of nitrogens with one attached hydrogen (secondary N) is 1. The minimum atomic E-state index is -0.258. The van der Waals surface area contributed by atoms with E-state index in [4.69, 9.17) is 9.47 Å². The molecule has 1 aromatic rings. The van der Waals surface area contributed by atoms with Crippen LogP contribution in [0.5, 0.6) is 5.75 Å². The zero-order valence-corrected chi connectivity index (χ0v) is 13.0. The second-order valence-electron chi connectivity index (χ2n) is 5.28. The molecule has 5 heteroatoms. The lowest BCUT2D eigenvalue weighted by Gasteiger charge is -2.32. The molecule has 21 heavy (non-hydrogen) atoms. The number of nitrogens with zero attached hydrogens (tertiary/aromatic N) is 1. The first-order valence-corrected chi connectivity index (χ1v) is 7.43. The molecule has 0 saturated carbocycles. The maximum atomic E-state index is 12.4. The number of likely N-dealkylation sites (N-methyl/N-ethyl adjacent to an activating group) is 1. The van der Waals surface area contributed by atoms with Crippen LogP contribution < -0.4 is 10.1 Å². The predicted molar refractivity (Wildman–Crippen MR) is 81.3 cm³/mol. The van der Waals surface area contributed by atoms with Gasteiger partial charge in [0.05, 0.1) is 19.3 Å². The van der Waals surface area contributed by atoms with Crippen LogP contribution in [0, 0.1) is 0 Å². The van der Waals surface area contributed by atoms with E-state index in [1.54, 1.807) is 4.90 Å². The average Bonchev–Trinajstić information content (AvgIpc) is 2.49. The van der Waals surface area contributed by atoms with Crippen LogP contribution in [0.3, 0.4) is 0 Å². The van der Waals surface area contributed by atoms with Crippen LogP contribution in [0.1, 0.15) is 19.4 Å². The standard InChI is InChI=1S/C16H24N2O3/c1-4-20-14-7-5-13(6-8-14)11-18(3)16(19)15-12(2)21-10-9-17-15/h5-8,12,15,17H,4,9-11H2,1-3H3/t12-,15+/m1/s1. The highest BCUT2D eigenvalue weighted by molar-refractivity contribution is 5.82. The molecule has 0 aromatic heterocycles. The molecule has 0 bridgehead atoms. The highest BCUT2D eigenvalue weighted by Crippen LogP contribution is 2.14. The minimum absolute atomic E-state index is 0.0658. The van der Waals surface area contributed by atoms with Gasteiger partial charge in [0, 0.05) is 20.1 Å². The van der Waals surface area contributed by atoms with Gasteiger partial charge < -0.3 is 19.7 Å². The summed E-state index contributed by atoms with van der Waals surface area (Å²) >= 11 is 0. The van der Waals surface area contributed by atoms with E-state index in [2.05, 4.69) is 5.32 Å². The van der Waals surface area contributed by atoms with Crippen molar-refractivity contribution in [1.29, 1.82) is 0 Å². The molecule has 0 spiro atoms. The van der Waals surface area contributed by atoms with Crippen molar-refractivity contribution < 1.29 is 14.3 Å². The Morgan fingerprint density at radius 1 is 1.43 bits per heavy atom. The topological polar surface area (TPSA) is 50.8 Å². The minimum Gasteiger partial charge on any atom is -0.494 e. The molecule has 1 heterocycles. The Balaban J connectivity index is 1.93. The summed E-state index contributed by atoms with van der Waals surface area (Å²) in [4.78, 5) is 14.2. The van der Waals surface area contributed by atoms with E-state index in [1.165, 1.54) is 0 Å².